The van der Waals surface area contributed by atoms with Crippen molar-refractivity contribution in [2.24, 2.45) is 0 Å². The third-order valence-electron chi connectivity index (χ3n) is 4.88. The fraction of sp³-hybridized carbons (Fsp3) is 0.261. The summed E-state index contributed by atoms with van der Waals surface area (Å²) in [7, 11) is 0. The molecule has 31 heavy (non-hydrogen) atoms. The second kappa shape index (κ2) is 8.51. The first kappa shape index (κ1) is 21.9. The predicted octanol–water partition coefficient (Wildman–Crippen LogP) is 2.79. The van der Waals surface area contributed by atoms with Crippen LogP contribution in [0.2, 0.25) is 0 Å². The minimum absolute atomic E-state index is 0.0393. The van der Waals surface area contributed by atoms with Gasteiger partial charge in [-0.05, 0) is 32.0 Å². The van der Waals surface area contributed by atoms with E-state index in [1.165, 1.54) is 37.3 Å². The minimum Gasteiger partial charge on any atom is -0.426 e. The maximum Gasteiger partial charge on any atom is 0.308 e. The van der Waals surface area contributed by atoms with Gasteiger partial charge in [0.2, 0.25) is 5.78 Å². The van der Waals surface area contributed by atoms with Gasteiger partial charge in [0.1, 0.15) is 11.5 Å². The highest BCUT2D eigenvalue weighted by Gasteiger charge is 2.36. The first-order chi connectivity index (χ1) is 14.7. The van der Waals surface area contributed by atoms with E-state index in [0.717, 1.165) is 6.92 Å². The molecule has 8 heteroatoms. The molecule has 8 nitrogen and oxygen atoms in total. The van der Waals surface area contributed by atoms with E-state index in [4.69, 9.17) is 9.47 Å². The molecule has 0 spiro atoms. The minimum atomic E-state index is -0.714. The lowest BCUT2D eigenvalue weighted by Gasteiger charge is -2.24. The molecule has 0 heterocycles. The number of benzene rings is 2. The molecule has 0 atom stereocenters. The first-order valence-electron chi connectivity index (χ1n) is 9.76. The Morgan fingerprint density at radius 1 is 0.806 bits per heavy atom. The van der Waals surface area contributed by atoms with Gasteiger partial charge in [-0.2, -0.15) is 0 Å². The van der Waals surface area contributed by atoms with E-state index in [9.17, 15) is 24.0 Å². The fourth-order valence-electron chi connectivity index (χ4n) is 3.55. The van der Waals surface area contributed by atoms with Gasteiger partial charge in [0.25, 0.3) is 5.91 Å². The molecule has 0 saturated heterocycles. The number of carbonyl (C=O) groups excluding carboxylic acids is 5. The SMILES string of the molecule is CCN(CC)C(=O)c1cc(OC(C)=O)c2c(c1)C(=O)c1cccc(OC(C)=O)c1C2=O. The Kier molecular flexibility index (Phi) is 6.01. The van der Waals surface area contributed by atoms with E-state index in [0.29, 0.717) is 13.1 Å². The van der Waals surface area contributed by atoms with Crippen LogP contribution >= 0.6 is 0 Å². The summed E-state index contributed by atoms with van der Waals surface area (Å²) in [6.07, 6.45) is 0. The monoisotopic (exact) mass is 423 g/mol. The highest BCUT2D eigenvalue weighted by atomic mass is 16.5. The van der Waals surface area contributed by atoms with Crippen LogP contribution in [0.25, 0.3) is 0 Å². The first-order valence-corrected chi connectivity index (χ1v) is 9.76. The Morgan fingerprint density at radius 3 is 1.97 bits per heavy atom. The van der Waals surface area contributed by atoms with Gasteiger partial charge in [0.05, 0.1) is 11.1 Å². The molecule has 1 amide bonds. The van der Waals surface area contributed by atoms with Crippen LogP contribution in [0, 0.1) is 0 Å². The molecule has 0 aromatic heterocycles. The zero-order valence-electron chi connectivity index (χ0n) is 17.6. The lowest BCUT2D eigenvalue weighted by Crippen LogP contribution is -2.31. The number of hydrogen-bond donors (Lipinski definition) is 0. The van der Waals surface area contributed by atoms with E-state index in [-0.39, 0.29) is 45.2 Å². The standard InChI is InChI=1S/C23H21NO7/c1-5-24(6-2)23(29)14-10-16-20(18(11-14)31-13(4)26)22(28)19-15(21(16)27)8-7-9-17(19)30-12(3)25/h7-11H,5-6H2,1-4H3. The van der Waals surface area contributed by atoms with Gasteiger partial charge >= 0.3 is 11.9 Å². The summed E-state index contributed by atoms with van der Waals surface area (Å²) in [6.45, 7) is 6.84. The Hall–Kier alpha value is -3.81. The molecule has 0 aliphatic heterocycles. The summed E-state index contributed by atoms with van der Waals surface area (Å²) in [5.41, 5.74) is -0.126. The van der Waals surface area contributed by atoms with E-state index >= 15 is 0 Å². The molecule has 1 aliphatic rings. The average molecular weight is 423 g/mol. The van der Waals surface area contributed by atoms with Crippen LogP contribution in [0.1, 0.15) is 69.9 Å². The topological polar surface area (TPSA) is 107 Å². The fourth-order valence-corrected chi connectivity index (χ4v) is 3.55. The van der Waals surface area contributed by atoms with Crippen LogP contribution in [0.15, 0.2) is 30.3 Å². The van der Waals surface area contributed by atoms with Crippen LogP contribution in [-0.2, 0) is 9.59 Å². The highest BCUT2D eigenvalue weighted by Crippen LogP contribution is 2.38. The van der Waals surface area contributed by atoms with Crippen LogP contribution in [0.4, 0.5) is 0 Å². The molecule has 3 rings (SSSR count). The van der Waals surface area contributed by atoms with Gasteiger partial charge in [0, 0.05) is 43.6 Å². The van der Waals surface area contributed by atoms with Gasteiger partial charge in [-0.15, -0.1) is 0 Å². The summed E-state index contributed by atoms with van der Waals surface area (Å²) in [5.74, 6) is -3.16. The number of ketones is 2. The van der Waals surface area contributed by atoms with Crippen molar-refractivity contribution in [3.63, 3.8) is 0 Å². The maximum atomic E-state index is 13.4. The molecular weight excluding hydrogens is 402 g/mol. The summed E-state index contributed by atoms with van der Waals surface area (Å²) >= 11 is 0. The smallest absolute Gasteiger partial charge is 0.308 e. The Balaban J connectivity index is 2.26. The summed E-state index contributed by atoms with van der Waals surface area (Å²) in [6, 6.07) is 6.96. The number of esters is 2. The molecule has 1 aliphatic carbocycles. The van der Waals surface area contributed by atoms with E-state index in [1.54, 1.807) is 4.90 Å². The highest BCUT2D eigenvalue weighted by molar-refractivity contribution is 6.30. The average Bonchev–Trinajstić information content (AvgIpc) is 2.71. The second-order valence-corrected chi connectivity index (χ2v) is 6.90. The number of nitrogens with zero attached hydrogens (tertiary/aromatic N) is 1. The van der Waals surface area contributed by atoms with Gasteiger partial charge in [-0.1, -0.05) is 12.1 Å². The van der Waals surface area contributed by atoms with Gasteiger partial charge < -0.3 is 14.4 Å². The molecule has 0 unspecified atom stereocenters. The van der Waals surface area contributed by atoms with Crippen LogP contribution in [-0.4, -0.2) is 47.4 Å². The molecule has 160 valence electrons. The Morgan fingerprint density at radius 2 is 1.39 bits per heavy atom. The number of ether oxygens (including phenoxy) is 2. The molecule has 0 saturated carbocycles. The maximum absolute atomic E-state index is 13.4. The summed E-state index contributed by atoms with van der Waals surface area (Å²) in [5, 5.41) is 0. The normalized spacial score (nSPS) is 12.0. The Labute approximate surface area is 178 Å². The predicted molar refractivity (Wildman–Crippen MR) is 110 cm³/mol. The third kappa shape index (κ3) is 3.96. The number of hydrogen-bond acceptors (Lipinski definition) is 7. The molecule has 0 radical (unpaired) electrons. The van der Waals surface area contributed by atoms with Gasteiger partial charge in [0.15, 0.2) is 5.78 Å². The van der Waals surface area contributed by atoms with Crippen molar-refractivity contribution in [3.05, 3.63) is 58.1 Å². The van der Waals surface area contributed by atoms with E-state index in [1.807, 2.05) is 13.8 Å². The number of carbonyl (C=O) groups is 5. The lowest BCUT2D eigenvalue weighted by molar-refractivity contribution is -0.132. The second-order valence-electron chi connectivity index (χ2n) is 6.90. The lowest BCUT2D eigenvalue weighted by atomic mass is 9.82. The number of amides is 1. The summed E-state index contributed by atoms with van der Waals surface area (Å²) < 4.78 is 10.3. The third-order valence-corrected chi connectivity index (χ3v) is 4.88. The van der Waals surface area contributed by atoms with Crippen LogP contribution in [0.3, 0.4) is 0 Å². The van der Waals surface area contributed by atoms with Crippen molar-refractivity contribution < 1.29 is 33.4 Å². The van der Waals surface area contributed by atoms with E-state index in [2.05, 4.69) is 0 Å². The Bertz CT molecular complexity index is 1130. The van der Waals surface area contributed by atoms with Crippen LogP contribution in [0.5, 0.6) is 11.5 Å². The molecular formula is C23H21NO7. The number of rotatable bonds is 5. The van der Waals surface area contributed by atoms with Crippen LogP contribution < -0.4 is 9.47 Å². The zero-order chi connectivity index (χ0) is 22.9. The summed E-state index contributed by atoms with van der Waals surface area (Å²) in [4.78, 5) is 64.2. The molecule has 0 N–H and O–H groups in total. The zero-order valence-corrected chi connectivity index (χ0v) is 17.6. The molecule has 2 aromatic rings. The molecule has 2 aromatic carbocycles. The molecule has 0 fully saturated rings. The number of fused-ring (bicyclic) bond motifs is 2. The largest absolute Gasteiger partial charge is 0.426 e. The van der Waals surface area contributed by atoms with Crippen molar-refractivity contribution in [2.75, 3.05) is 13.1 Å². The van der Waals surface area contributed by atoms with E-state index < -0.39 is 23.5 Å². The van der Waals surface area contributed by atoms with Gasteiger partial charge in [-0.3, -0.25) is 24.0 Å². The van der Waals surface area contributed by atoms with Crippen molar-refractivity contribution in [1.82, 2.24) is 4.90 Å². The van der Waals surface area contributed by atoms with Crippen molar-refractivity contribution in [2.45, 2.75) is 27.7 Å². The quantitative estimate of drug-likeness (QED) is 0.459. The molecule has 0 bridgehead atoms. The van der Waals surface area contributed by atoms with Crippen molar-refractivity contribution >= 4 is 29.4 Å². The van der Waals surface area contributed by atoms with Crippen molar-refractivity contribution in [3.8, 4) is 11.5 Å². The van der Waals surface area contributed by atoms with Crippen molar-refractivity contribution in [1.29, 1.82) is 0 Å². The van der Waals surface area contributed by atoms with Gasteiger partial charge in [-0.25, -0.2) is 0 Å².